The molecule has 0 fully saturated rings. The molecule has 3 rings (SSSR count). The van der Waals surface area contributed by atoms with Crippen LogP contribution < -0.4 is 14.8 Å². The van der Waals surface area contributed by atoms with Crippen LogP contribution in [0.15, 0.2) is 60.7 Å². The highest BCUT2D eigenvalue weighted by atomic mass is 16.5. The number of nitrogens with one attached hydrogen (secondary N) is 1. The lowest BCUT2D eigenvalue weighted by Crippen LogP contribution is -2.13. The Labute approximate surface area is 153 Å². The normalized spacial score (nSPS) is 10.5. The van der Waals surface area contributed by atoms with Crippen LogP contribution in [0.25, 0.3) is 10.8 Å². The number of carbonyl (C=O) groups is 1. The van der Waals surface area contributed by atoms with Gasteiger partial charge in [-0.25, -0.2) is 0 Å². The third-order valence-electron chi connectivity index (χ3n) is 4.22. The minimum atomic E-state index is -0.171. The first-order chi connectivity index (χ1) is 12.7. The number of anilines is 1. The number of amides is 1. The van der Waals surface area contributed by atoms with Gasteiger partial charge in [-0.15, -0.1) is 0 Å². The zero-order valence-electron chi connectivity index (χ0n) is 15.1. The van der Waals surface area contributed by atoms with E-state index in [2.05, 4.69) is 12.2 Å². The number of hydrogen-bond donors (Lipinski definition) is 1. The van der Waals surface area contributed by atoms with E-state index >= 15 is 0 Å². The fourth-order valence-corrected chi connectivity index (χ4v) is 2.80. The molecule has 0 radical (unpaired) electrons. The van der Waals surface area contributed by atoms with Gasteiger partial charge in [-0.05, 0) is 35.4 Å². The van der Waals surface area contributed by atoms with Crippen molar-refractivity contribution in [1.82, 2.24) is 0 Å². The molecule has 1 N–H and O–H groups in total. The predicted molar refractivity (Wildman–Crippen MR) is 105 cm³/mol. The van der Waals surface area contributed by atoms with Crippen LogP contribution in [0.2, 0.25) is 0 Å². The summed E-state index contributed by atoms with van der Waals surface area (Å²) < 4.78 is 11.1. The molecular formula is C22H23NO3. The van der Waals surface area contributed by atoms with Gasteiger partial charge in [-0.1, -0.05) is 49.7 Å². The summed E-state index contributed by atoms with van der Waals surface area (Å²) in [5.74, 6) is 1.14. The van der Waals surface area contributed by atoms with Crippen LogP contribution in [0.4, 0.5) is 5.69 Å². The monoisotopic (exact) mass is 349 g/mol. The summed E-state index contributed by atoms with van der Waals surface area (Å²) in [6, 6.07) is 19.0. The van der Waals surface area contributed by atoms with Gasteiger partial charge in [-0.2, -0.15) is 0 Å². The number of benzene rings is 3. The molecule has 0 saturated heterocycles. The molecule has 26 heavy (non-hydrogen) atoms. The molecule has 0 bridgehead atoms. The third kappa shape index (κ3) is 3.97. The fourth-order valence-electron chi connectivity index (χ4n) is 2.80. The topological polar surface area (TPSA) is 47.6 Å². The molecule has 4 heteroatoms. The van der Waals surface area contributed by atoms with Gasteiger partial charge < -0.3 is 14.8 Å². The SMILES string of the molecule is CCCCOc1ccc(OC)cc1NC(=O)c1cccc2ccccc12. The summed E-state index contributed by atoms with van der Waals surface area (Å²) in [4.78, 5) is 12.9. The van der Waals surface area contributed by atoms with Crippen LogP contribution in [-0.2, 0) is 0 Å². The van der Waals surface area contributed by atoms with Gasteiger partial charge in [0.05, 0.1) is 19.4 Å². The van der Waals surface area contributed by atoms with Crippen molar-refractivity contribution >= 4 is 22.4 Å². The summed E-state index contributed by atoms with van der Waals surface area (Å²) >= 11 is 0. The zero-order valence-corrected chi connectivity index (χ0v) is 15.1. The maximum absolute atomic E-state index is 12.9. The van der Waals surface area contributed by atoms with Crippen molar-refractivity contribution in [3.8, 4) is 11.5 Å². The lowest BCUT2D eigenvalue weighted by molar-refractivity contribution is 0.102. The highest BCUT2D eigenvalue weighted by molar-refractivity contribution is 6.13. The van der Waals surface area contributed by atoms with Gasteiger partial charge in [0.2, 0.25) is 0 Å². The molecular weight excluding hydrogens is 326 g/mol. The lowest BCUT2D eigenvalue weighted by atomic mass is 10.0. The minimum absolute atomic E-state index is 0.171. The molecule has 134 valence electrons. The Morgan fingerprint density at radius 1 is 1.04 bits per heavy atom. The number of unbranched alkanes of at least 4 members (excludes halogenated alkanes) is 1. The number of rotatable bonds is 7. The van der Waals surface area contributed by atoms with E-state index < -0.39 is 0 Å². The van der Waals surface area contributed by atoms with Crippen LogP contribution in [0.5, 0.6) is 11.5 Å². The summed E-state index contributed by atoms with van der Waals surface area (Å²) in [6.07, 6.45) is 2.01. The molecule has 0 spiro atoms. The third-order valence-corrected chi connectivity index (χ3v) is 4.22. The van der Waals surface area contributed by atoms with Crippen molar-refractivity contribution in [2.45, 2.75) is 19.8 Å². The van der Waals surface area contributed by atoms with Crippen LogP contribution in [0.3, 0.4) is 0 Å². The molecule has 0 aliphatic rings. The molecule has 0 saturated carbocycles. The van der Waals surface area contributed by atoms with Crippen molar-refractivity contribution in [1.29, 1.82) is 0 Å². The molecule has 0 unspecified atom stereocenters. The summed E-state index contributed by atoms with van der Waals surface area (Å²) in [7, 11) is 1.60. The molecule has 0 aliphatic carbocycles. The Morgan fingerprint density at radius 2 is 1.85 bits per heavy atom. The molecule has 0 heterocycles. The van der Waals surface area contributed by atoms with Crippen LogP contribution in [0, 0.1) is 0 Å². The van der Waals surface area contributed by atoms with Gasteiger partial charge in [0.1, 0.15) is 11.5 Å². The van der Waals surface area contributed by atoms with Crippen molar-refractivity contribution in [3.05, 3.63) is 66.2 Å². The molecule has 3 aromatic carbocycles. The number of methoxy groups -OCH3 is 1. The Morgan fingerprint density at radius 3 is 2.65 bits per heavy atom. The zero-order chi connectivity index (χ0) is 18.4. The second-order valence-electron chi connectivity index (χ2n) is 6.04. The number of ether oxygens (including phenoxy) is 2. The van der Waals surface area contributed by atoms with Gasteiger partial charge in [0.15, 0.2) is 0 Å². The molecule has 3 aromatic rings. The van der Waals surface area contributed by atoms with E-state index in [4.69, 9.17) is 9.47 Å². The van der Waals surface area contributed by atoms with Crippen LogP contribution in [0.1, 0.15) is 30.1 Å². The Hall–Kier alpha value is -3.01. The lowest BCUT2D eigenvalue weighted by Gasteiger charge is -2.14. The summed E-state index contributed by atoms with van der Waals surface area (Å²) in [5, 5.41) is 4.93. The van der Waals surface area contributed by atoms with Gasteiger partial charge in [-0.3, -0.25) is 4.79 Å². The van der Waals surface area contributed by atoms with Crippen molar-refractivity contribution in [3.63, 3.8) is 0 Å². The smallest absolute Gasteiger partial charge is 0.256 e. The van der Waals surface area contributed by atoms with Crippen LogP contribution >= 0.6 is 0 Å². The number of carbonyl (C=O) groups excluding carboxylic acids is 1. The first kappa shape index (κ1) is 17.8. The molecule has 1 amide bonds. The Kier molecular flexibility index (Phi) is 5.74. The van der Waals surface area contributed by atoms with E-state index in [1.165, 1.54) is 0 Å². The van der Waals surface area contributed by atoms with E-state index in [-0.39, 0.29) is 5.91 Å². The molecule has 0 atom stereocenters. The highest BCUT2D eigenvalue weighted by Gasteiger charge is 2.13. The largest absolute Gasteiger partial charge is 0.497 e. The van der Waals surface area contributed by atoms with E-state index in [0.29, 0.717) is 29.4 Å². The van der Waals surface area contributed by atoms with E-state index in [1.807, 2.05) is 54.6 Å². The Bertz CT molecular complexity index is 900. The van der Waals surface area contributed by atoms with E-state index in [9.17, 15) is 4.79 Å². The number of fused-ring (bicyclic) bond motifs is 1. The fraction of sp³-hybridized carbons (Fsp3) is 0.227. The van der Waals surface area contributed by atoms with Crippen LogP contribution in [-0.4, -0.2) is 19.6 Å². The summed E-state index contributed by atoms with van der Waals surface area (Å²) in [6.45, 7) is 2.72. The van der Waals surface area contributed by atoms with Gasteiger partial charge in [0, 0.05) is 11.6 Å². The number of hydrogen-bond acceptors (Lipinski definition) is 3. The molecule has 0 aliphatic heterocycles. The Balaban J connectivity index is 1.90. The van der Waals surface area contributed by atoms with Crippen molar-refractivity contribution in [2.75, 3.05) is 19.0 Å². The van der Waals surface area contributed by atoms with Gasteiger partial charge >= 0.3 is 0 Å². The quantitative estimate of drug-likeness (QED) is 0.590. The standard InChI is InChI=1S/C22H23NO3/c1-3-4-14-26-21-13-12-17(25-2)15-20(21)23-22(24)19-11-7-9-16-8-5-6-10-18(16)19/h5-13,15H,3-4,14H2,1-2H3,(H,23,24). The van der Waals surface area contributed by atoms with Crippen molar-refractivity contribution < 1.29 is 14.3 Å². The first-order valence-electron chi connectivity index (χ1n) is 8.83. The average Bonchev–Trinajstić information content (AvgIpc) is 2.68. The minimum Gasteiger partial charge on any atom is -0.497 e. The van der Waals surface area contributed by atoms with E-state index in [1.54, 1.807) is 13.2 Å². The van der Waals surface area contributed by atoms with E-state index in [0.717, 1.165) is 23.6 Å². The maximum atomic E-state index is 12.9. The highest BCUT2D eigenvalue weighted by Crippen LogP contribution is 2.30. The second-order valence-corrected chi connectivity index (χ2v) is 6.04. The predicted octanol–water partition coefficient (Wildman–Crippen LogP) is 5.28. The first-order valence-corrected chi connectivity index (χ1v) is 8.83. The summed E-state index contributed by atoms with van der Waals surface area (Å²) in [5.41, 5.74) is 1.24. The molecule has 4 nitrogen and oxygen atoms in total. The van der Waals surface area contributed by atoms with Crippen molar-refractivity contribution in [2.24, 2.45) is 0 Å². The average molecular weight is 349 g/mol. The maximum Gasteiger partial charge on any atom is 0.256 e. The van der Waals surface area contributed by atoms with Gasteiger partial charge in [0.25, 0.3) is 5.91 Å². The second kappa shape index (κ2) is 8.39. The molecule has 0 aromatic heterocycles.